The molecule has 9 heteroatoms. The van der Waals surface area contributed by atoms with E-state index in [9.17, 15) is 17.8 Å². The Kier molecular flexibility index (Phi) is 8.28. The maximum Gasteiger partial charge on any atom is 0.426 e. The molecule has 0 aliphatic rings. The van der Waals surface area contributed by atoms with Gasteiger partial charge in [-0.15, -0.1) is 0 Å². The summed E-state index contributed by atoms with van der Waals surface area (Å²) in [5, 5.41) is 0. The van der Waals surface area contributed by atoms with Gasteiger partial charge in [-0.25, -0.2) is 13.9 Å². The van der Waals surface area contributed by atoms with Crippen molar-refractivity contribution in [2.75, 3.05) is 0 Å². The topological polar surface area (TPSA) is 92.7 Å². The fourth-order valence-electron chi connectivity index (χ4n) is 2.79. The van der Waals surface area contributed by atoms with Gasteiger partial charge >= 0.3 is 16.4 Å². The molecule has 1 N–H and O–H groups in total. The number of ether oxygens (including phenoxy) is 1. The molecule has 0 fully saturated rings. The third-order valence-corrected chi connectivity index (χ3v) is 4.78. The lowest BCUT2D eigenvalue weighted by atomic mass is 10.0. The number of imidazole rings is 1. The number of unbranched alkanes of at least 4 members (excludes halogenated alkanes) is 1. The third kappa shape index (κ3) is 8.30. The molecule has 27 heavy (non-hydrogen) atoms. The number of hydrogen-bond acceptors (Lipinski definition) is 4. The van der Waals surface area contributed by atoms with Crippen LogP contribution in [0.25, 0.3) is 0 Å². The zero-order valence-electron chi connectivity index (χ0n) is 17.3. The molecule has 1 atom stereocenters. The molecule has 1 heterocycles. The van der Waals surface area contributed by atoms with Crippen LogP contribution in [0.3, 0.4) is 0 Å². The number of aryl methyl sites for hydroxylation is 1. The van der Waals surface area contributed by atoms with Gasteiger partial charge in [0.05, 0.1) is 12.6 Å². The number of amides is 1. The van der Waals surface area contributed by atoms with Crippen molar-refractivity contribution in [1.82, 2.24) is 8.87 Å². The first-order valence-corrected chi connectivity index (χ1v) is 10.8. The van der Waals surface area contributed by atoms with Gasteiger partial charge in [-0.3, -0.25) is 4.55 Å². The van der Waals surface area contributed by atoms with Gasteiger partial charge in [0.2, 0.25) is 6.33 Å². The molecule has 1 aromatic rings. The van der Waals surface area contributed by atoms with Crippen LogP contribution in [0.1, 0.15) is 60.8 Å². The third-order valence-electron chi connectivity index (χ3n) is 3.83. The minimum absolute atomic E-state index is 0.115. The molecule has 1 amide bonds. The summed E-state index contributed by atoms with van der Waals surface area (Å²) in [6, 6.07) is -0.762. The minimum Gasteiger partial charge on any atom is -0.443 e. The zero-order chi connectivity index (χ0) is 20.8. The van der Waals surface area contributed by atoms with Gasteiger partial charge in [0.1, 0.15) is 24.5 Å². The standard InChI is InChI=1S/C18H33N3O5S/c1-7-8-9-19-10-11-20(14-19)13-16(12-15(2)3)21(27(23,24)25)17(22)26-18(4,5)6/h10-11,14-16H,7-9,12-13H2,1-6H3/p+1/t16-/m0/s1. The first-order chi connectivity index (χ1) is 12.3. The molecule has 1 aromatic heterocycles. The molecular weight excluding hydrogens is 370 g/mol. The second-order valence-electron chi connectivity index (χ2n) is 8.24. The van der Waals surface area contributed by atoms with Crippen LogP contribution in [-0.4, -0.2) is 39.6 Å². The van der Waals surface area contributed by atoms with E-state index in [-0.39, 0.29) is 12.5 Å². The molecule has 8 nitrogen and oxygen atoms in total. The fourth-order valence-corrected chi connectivity index (χ4v) is 3.55. The summed E-state index contributed by atoms with van der Waals surface area (Å²) in [6.45, 7) is 12.0. The summed E-state index contributed by atoms with van der Waals surface area (Å²) in [4.78, 5) is 12.5. The van der Waals surface area contributed by atoms with E-state index in [0.29, 0.717) is 10.7 Å². The molecule has 0 bridgehead atoms. The summed E-state index contributed by atoms with van der Waals surface area (Å²) in [5.41, 5.74) is -0.876. The highest BCUT2D eigenvalue weighted by Crippen LogP contribution is 2.19. The van der Waals surface area contributed by atoms with Crippen LogP contribution in [-0.2, 0) is 28.1 Å². The van der Waals surface area contributed by atoms with E-state index in [1.165, 1.54) is 0 Å². The Labute approximate surface area is 163 Å². The smallest absolute Gasteiger partial charge is 0.426 e. The molecule has 0 unspecified atom stereocenters. The van der Waals surface area contributed by atoms with Gasteiger partial charge in [0.15, 0.2) is 0 Å². The highest BCUT2D eigenvalue weighted by Gasteiger charge is 2.38. The molecule has 0 spiro atoms. The van der Waals surface area contributed by atoms with Gasteiger partial charge in [-0.05, 0) is 39.5 Å². The van der Waals surface area contributed by atoms with Crippen molar-refractivity contribution in [2.45, 2.75) is 85.5 Å². The number of hydrogen-bond donors (Lipinski definition) is 1. The van der Waals surface area contributed by atoms with Gasteiger partial charge in [0.25, 0.3) is 0 Å². The average Bonchev–Trinajstić information content (AvgIpc) is 2.88. The number of aromatic nitrogens is 2. The second kappa shape index (κ2) is 9.54. The molecule has 156 valence electrons. The summed E-state index contributed by atoms with van der Waals surface area (Å²) >= 11 is 0. The maximum atomic E-state index is 12.5. The van der Waals surface area contributed by atoms with Crippen LogP contribution in [0.15, 0.2) is 18.7 Å². The van der Waals surface area contributed by atoms with Gasteiger partial charge in [0, 0.05) is 0 Å². The van der Waals surface area contributed by atoms with Crippen LogP contribution < -0.4 is 4.57 Å². The van der Waals surface area contributed by atoms with E-state index in [2.05, 4.69) is 6.92 Å². The van der Waals surface area contributed by atoms with Crippen LogP contribution in [0.5, 0.6) is 0 Å². The lowest BCUT2D eigenvalue weighted by Crippen LogP contribution is -2.53. The first-order valence-electron chi connectivity index (χ1n) is 9.38. The Balaban J connectivity index is 3.12. The van der Waals surface area contributed by atoms with Crippen molar-refractivity contribution < 1.29 is 27.1 Å². The van der Waals surface area contributed by atoms with Gasteiger partial charge in [-0.1, -0.05) is 27.2 Å². The lowest BCUT2D eigenvalue weighted by molar-refractivity contribution is -0.700. The monoisotopic (exact) mass is 404 g/mol. The minimum atomic E-state index is -4.77. The highest BCUT2D eigenvalue weighted by atomic mass is 32.2. The molecule has 0 saturated heterocycles. The van der Waals surface area contributed by atoms with Crippen molar-refractivity contribution in [3.8, 4) is 0 Å². The number of carbonyl (C=O) groups excluding carboxylic acids is 1. The molecule has 0 aliphatic carbocycles. The first kappa shape index (κ1) is 23.4. The van der Waals surface area contributed by atoms with E-state index in [1.54, 1.807) is 20.8 Å². The Morgan fingerprint density at radius 3 is 2.44 bits per heavy atom. The zero-order valence-corrected chi connectivity index (χ0v) is 18.1. The van der Waals surface area contributed by atoms with Crippen molar-refractivity contribution in [2.24, 2.45) is 5.92 Å². The Bertz CT molecular complexity index is 707. The van der Waals surface area contributed by atoms with E-state index < -0.39 is 28.0 Å². The number of nitrogens with zero attached hydrogens (tertiary/aromatic N) is 3. The quantitative estimate of drug-likeness (QED) is 0.504. The predicted octanol–water partition coefficient (Wildman–Crippen LogP) is 3.03. The normalized spacial score (nSPS) is 13.6. The molecule has 0 aliphatic heterocycles. The van der Waals surface area contributed by atoms with Gasteiger partial charge < -0.3 is 4.74 Å². The Morgan fingerprint density at radius 2 is 1.96 bits per heavy atom. The largest absolute Gasteiger partial charge is 0.443 e. The summed E-state index contributed by atoms with van der Waals surface area (Å²) in [6.07, 6.45) is 7.06. The van der Waals surface area contributed by atoms with Crippen LogP contribution >= 0.6 is 0 Å². The van der Waals surface area contributed by atoms with Crippen molar-refractivity contribution in [1.29, 1.82) is 0 Å². The van der Waals surface area contributed by atoms with Crippen LogP contribution in [0.4, 0.5) is 4.79 Å². The number of rotatable bonds is 9. The Morgan fingerprint density at radius 1 is 1.33 bits per heavy atom. The molecular formula is C18H34N3O5S+. The van der Waals surface area contributed by atoms with Crippen molar-refractivity contribution in [3.63, 3.8) is 0 Å². The van der Waals surface area contributed by atoms with Crippen molar-refractivity contribution >= 4 is 16.4 Å². The van der Waals surface area contributed by atoms with E-state index in [1.807, 2.05) is 41.7 Å². The van der Waals surface area contributed by atoms with Crippen LogP contribution in [0, 0.1) is 5.92 Å². The maximum absolute atomic E-state index is 12.5. The Hall–Kier alpha value is -1.61. The van der Waals surface area contributed by atoms with E-state index in [0.717, 1.165) is 19.4 Å². The van der Waals surface area contributed by atoms with E-state index >= 15 is 0 Å². The molecule has 0 radical (unpaired) electrons. The van der Waals surface area contributed by atoms with Gasteiger partial charge in [-0.2, -0.15) is 12.7 Å². The summed E-state index contributed by atoms with van der Waals surface area (Å²) in [7, 11) is -4.77. The van der Waals surface area contributed by atoms with Crippen LogP contribution in [0.2, 0.25) is 0 Å². The predicted molar refractivity (Wildman–Crippen MR) is 102 cm³/mol. The molecule has 0 aromatic carbocycles. The van der Waals surface area contributed by atoms with Crippen molar-refractivity contribution in [3.05, 3.63) is 18.7 Å². The van der Waals surface area contributed by atoms with E-state index in [4.69, 9.17) is 4.74 Å². The fraction of sp³-hybridized carbons (Fsp3) is 0.778. The number of carbonyl (C=O) groups is 1. The SMILES string of the molecule is CCCCn1cc[n+](C[C@H](CC(C)C)N(C(=O)OC(C)(C)C)S(=O)(=O)O)c1. The molecule has 0 saturated carbocycles. The lowest BCUT2D eigenvalue weighted by Gasteiger charge is -2.30. The average molecular weight is 405 g/mol. The second-order valence-corrected chi connectivity index (χ2v) is 9.53. The summed E-state index contributed by atoms with van der Waals surface area (Å²) < 4.78 is 43.2. The molecule has 1 rings (SSSR count). The summed E-state index contributed by atoms with van der Waals surface area (Å²) in [5.74, 6) is 0.115. The highest BCUT2D eigenvalue weighted by molar-refractivity contribution is 7.84.